The second kappa shape index (κ2) is 6.61. The van der Waals surface area contributed by atoms with Crippen molar-refractivity contribution in [2.45, 2.75) is 32.2 Å². The van der Waals surface area contributed by atoms with Gasteiger partial charge < -0.3 is 20.8 Å². The zero-order valence-electron chi connectivity index (χ0n) is 11.7. The molecule has 20 heavy (non-hydrogen) atoms. The summed E-state index contributed by atoms with van der Waals surface area (Å²) >= 11 is 0. The van der Waals surface area contributed by atoms with Crippen LogP contribution in [0.15, 0.2) is 18.2 Å². The molecule has 0 aliphatic carbocycles. The number of piperidine rings is 1. The zero-order chi connectivity index (χ0) is 14.5. The van der Waals surface area contributed by atoms with Crippen LogP contribution in [0.3, 0.4) is 0 Å². The van der Waals surface area contributed by atoms with E-state index in [0.29, 0.717) is 6.42 Å². The number of carbonyl (C=O) groups excluding carboxylic acids is 1. The van der Waals surface area contributed by atoms with Crippen LogP contribution < -0.4 is 10.6 Å². The Labute approximate surface area is 119 Å². The van der Waals surface area contributed by atoms with Crippen LogP contribution in [0, 0.1) is 5.92 Å². The van der Waals surface area contributed by atoms with Gasteiger partial charge in [0.1, 0.15) is 0 Å². The van der Waals surface area contributed by atoms with Crippen LogP contribution in [0.5, 0.6) is 11.5 Å². The van der Waals surface area contributed by atoms with Crippen LogP contribution in [-0.2, 0) is 11.2 Å². The molecule has 4 N–H and O–H groups in total. The molecule has 1 aromatic rings. The molecule has 1 unspecified atom stereocenters. The molecule has 1 amide bonds. The first-order valence-corrected chi connectivity index (χ1v) is 7.08. The van der Waals surface area contributed by atoms with Gasteiger partial charge >= 0.3 is 0 Å². The van der Waals surface area contributed by atoms with Gasteiger partial charge in [0.2, 0.25) is 5.91 Å². The third-order valence-corrected chi connectivity index (χ3v) is 3.71. The molecule has 1 saturated heterocycles. The lowest BCUT2D eigenvalue weighted by Crippen LogP contribution is -2.44. The molecule has 1 aromatic carbocycles. The molecule has 0 bridgehead atoms. The lowest BCUT2D eigenvalue weighted by Gasteiger charge is -2.25. The van der Waals surface area contributed by atoms with Crippen molar-refractivity contribution < 1.29 is 15.0 Å². The van der Waals surface area contributed by atoms with Gasteiger partial charge in [-0.3, -0.25) is 4.79 Å². The summed E-state index contributed by atoms with van der Waals surface area (Å²) in [4.78, 5) is 12.1. The van der Waals surface area contributed by atoms with Gasteiger partial charge in [-0.05, 0) is 50.0 Å². The molecule has 1 aliphatic rings. The highest BCUT2D eigenvalue weighted by molar-refractivity contribution is 5.78. The Kier molecular flexibility index (Phi) is 4.84. The van der Waals surface area contributed by atoms with E-state index in [-0.39, 0.29) is 29.4 Å². The minimum atomic E-state index is -0.158. The van der Waals surface area contributed by atoms with E-state index in [1.807, 2.05) is 6.92 Å². The Morgan fingerprint density at radius 2 is 2.05 bits per heavy atom. The van der Waals surface area contributed by atoms with E-state index < -0.39 is 0 Å². The summed E-state index contributed by atoms with van der Waals surface area (Å²) in [5.74, 6) is -0.396. The maximum absolute atomic E-state index is 12.1. The maximum Gasteiger partial charge on any atom is 0.223 e. The van der Waals surface area contributed by atoms with Gasteiger partial charge in [0.05, 0.1) is 0 Å². The zero-order valence-corrected chi connectivity index (χ0v) is 11.7. The minimum absolute atomic E-state index is 0.0458. The number of rotatable bonds is 4. The number of carbonyl (C=O) groups is 1. The number of aromatic hydroxyl groups is 2. The van der Waals surface area contributed by atoms with Crippen LogP contribution in [0.25, 0.3) is 0 Å². The quantitative estimate of drug-likeness (QED) is 0.623. The van der Waals surface area contributed by atoms with E-state index in [2.05, 4.69) is 10.6 Å². The van der Waals surface area contributed by atoms with Crippen LogP contribution in [-0.4, -0.2) is 35.3 Å². The third-order valence-electron chi connectivity index (χ3n) is 3.71. The first kappa shape index (κ1) is 14.7. The molecule has 1 fully saturated rings. The summed E-state index contributed by atoms with van der Waals surface area (Å²) in [6.45, 7) is 3.77. The molecular weight excluding hydrogens is 256 g/mol. The molecule has 0 aromatic heterocycles. The van der Waals surface area contributed by atoms with Gasteiger partial charge in [-0.15, -0.1) is 0 Å². The lowest BCUT2D eigenvalue weighted by atomic mass is 9.98. The second-order valence-corrected chi connectivity index (χ2v) is 5.46. The molecule has 5 nitrogen and oxygen atoms in total. The summed E-state index contributed by atoms with van der Waals surface area (Å²) in [5, 5.41) is 25.1. The predicted octanol–water partition coefficient (Wildman–Crippen LogP) is 1.14. The molecule has 0 saturated carbocycles. The highest BCUT2D eigenvalue weighted by Gasteiger charge is 2.19. The Bertz CT molecular complexity index is 470. The van der Waals surface area contributed by atoms with Crippen molar-refractivity contribution >= 4 is 5.91 Å². The fraction of sp³-hybridized carbons (Fsp3) is 0.533. The highest BCUT2D eigenvalue weighted by atomic mass is 16.3. The molecule has 1 atom stereocenters. The average Bonchev–Trinajstić information content (AvgIpc) is 2.44. The number of amides is 1. The Morgan fingerprint density at radius 3 is 2.70 bits per heavy atom. The van der Waals surface area contributed by atoms with Crippen LogP contribution in [0.4, 0.5) is 0 Å². The van der Waals surface area contributed by atoms with E-state index >= 15 is 0 Å². The van der Waals surface area contributed by atoms with Crippen LogP contribution in [0.1, 0.15) is 25.3 Å². The highest BCUT2D eigenvalue weighted by Crippen LogP contribution is 2.26. The summed E-state index contributed by atoms with van der Waals surface area (Å²) in [6, 6.07) is 4.94. The third kappa shape index (κ3) is 3.87. The molecule has 1 aliphatic heterocycles. The summed E-state index contributed by atoms with van der Waals surface area (Å²) in [5.41, 5.74) is 0.841. The SMILES string of the molecule is CC(Cc1ccc(O)c(O)c1)C(=O)NC1CCNCC1. The van der Waals surface area contributed by atoms with E-state index in [4.69, 9.17) is 0 Å². The Balaban J connectivity index is 1.88. The Morgan fingerprint density at radius 1 is 1.35 bits per heavy atom. The lowest BCUT2D eigenvalue weighted by molar-refractivity contribution is -0.125. The van der Waals surface area contributed by atoms with Crippen LogP contribution in [0.2, 0.25) is 0 Å². The van der Waals surface area contributed by atoms with Gasteiger partial charge in [0.25, 0.3) is 0 Å². The molecule has 110 valence electrons. The second-order valence-electron chi connectivity index (χ2n) is 5.46. The van der Waals surface area contributed by atoms with Crippen molar-refractivity contribution in [3.63, 3.8) is 0 Å². The van der Waals surface area contributed by atoms with Crippen molar-refractivity contribution in [1.29, 1.82) is 0 Å². The van der Waals surface area contributed by atoms with Gasteiger partial charge in [0.15, 0.2) is 11.5 Å². The molecular formula is C15H22N2O3. The predicted molar refractivity (Wildman–Crippen MR) is 76.7 cm³/mol. The smallest absolute Gasteiger partial charge is 0.223 e. The summed E-state index contributed by atoms with van der Waals surface area (Å²) in [6.07, 6.45) is 2.49. The van der Waals surface area contributed by atoms with E-state index in [1.54, 1.807) is 6.07 Å². The fourth-order valence-electron chi connectivity index (χ4n) is 2.45. The summed E-state index contributed by atoms with van der Waals surface area (Å²) < 4.78 is 0. The average molecular weight is 278 g/mol. The van der Waals surface area contributed by atoms with Crippen molar-refractivity contribution in [2.24, 2.45) is 5.92 Å². The molecule has 0 spiro atoms. The van der Waals surface area contributed by atoms with E-state index in [1.165, 1.54) is 12.1 Å². The standard InChI is InChI=1S/C15H22N2O3/c1-10(8-11-2-3-13(18)14(19)9-11)15(20)17-12-4-6-16-7-5-12/h2-3,9-10,12,16,18-19H,4-8H2,1H3,(H,17,20). The molecule has 1 heterocycles. The topological polar surface area (TPSA) is 81.6 Å². The Hall–Kier alpha value is -1.75. The largest absolute Gasteiger partial charge is 0.504 e. The van der Waals surface area contributed by atoms with Crippen LogP contribution >= 0.6 is 0 Å². The monoisotopic (exact) mass is 278 g/mol. The number of hydrogen-bond acceptors (Lipinski definition) is 4. The number of nitrogens with one attached hydrogen (secondary N) is 2. The number of hydrogen-bond donors (Lipinski definition) is 4. The summed E-state index contributed by atoms with van der Waals surface area (Å²) in [7, 11) is 0. The number of phenols is 2. The maximum atomic E-state index is 12.1. The van der Waals surface area contributed by atoms with Gasteiger partial charge in [-0.1, -0.05) is 13.0 Å². The normalized spacial score (nSPS) is 17.6. The van der Waals surface area contributed by atoms with Gasteiger partial charge in [-0.25, -0.2) is 0 Å². The molecule has 0 radical (unpaired) electrons. The fourth-order valence-corrected chi connectivity index (χ4v) is 2.45. The van der Waals surface area contributed by atoms with E-state index in [0.717, 1.165) is 31.5 Å². The molecule has 2 rings (SSSR count). The number of phenolic OH excluding ortho intramolecular Hbond substituents is 2. The first-order valence-electron chi connectivity index (χ1n) is 7.08. The van der Waals surface area contributed by atoms with Gasteiger partial charge in [0, 0.05) is 12.0 Å². The van der Waals surface area contributed by atoms with Crippen molar-refractivity contribution in [3.8, 4) is 11.5 Å². The first-order chi connectivity index (χ1) is 9.56. The van der Waals surface area contributed by atoms with Crippen molar-refractivity contribution in [2.75, 3.05) is 13.1 Å². The van der Waals surface area contributed by atoms with Crippen molar-refractivity contribution in [1.82, 2.24) is 10.6 Å². The van der Waals surface area contributed by atoms with Gasteiger partial charge in [-0.2, -0.15) is 0 Å². The minimum Gasteiger partial charge on any atom is -0.504 e. The number of benzene rings is 1. The van der Waals surface area contributed by atoms with E-state index in [9.17, 15) is 15.0 Å². The molecule has 5 heteroatoms. The van der Waals surface area contributed by atoms with Crippen molar-refractivity contribution in [3.05, 3.63) is 23.8 Å².